The average molecular weight is 348 g/mol. The fourth-order valence-corrected chi connectivity index (χ4v) is 2.58. The highest BCUT2D eigenvalue weighted by Gasteiger charge is 2.13. The van der Waals surface area contributed by atoms with E-state index in [1.54, 1.807) is 6.07 Å². The molecule has 1 atom stereocenters. The number of halogens is 1. The molecule has 0 saturated carbocycles. The molecule has 0 aliphatic heterocycles. The van der Waals surface area contributed by atoms with E-state index in [1.165, 1.54) is 12.1 Å². The van der Waals surface area contributed by atoms with Crippen molar-refractivity contribution in [2.75, 3.05) is 0 Å². The first-order chi connectivity index (χ1) is 10.0. The molecule has 0 fully saturated rings. The number of phenolic OH excluding ortho intramolecular Hbond substituents is 2. The van der Waals surface area contributed by atoms with Gasteiger partial charge in [0, 0.05) is 4.47 Å². The summed E-state index contributed by atoms with van der Waals surface area (Å²) < 4.78 is 0.974. The molecule has 0 aliphatic rings. The summed E-state index contributed by atoms with van der Waals surface area (Å²) in [6, 6.07) is 10.2. The number of aromatic hydroxyl groups is 2. The van der Waals surface area contributed by atoms with Crippen molar-refractivity contribution in [2.45, 2.75) is 12.5 Å². The number of H-pyrrole nitrogens is 1. The summed E-state index contributed by atoms with van der Waals surface area (Å²) in [5.74, 6) is 0.407. The van der Waals surface area contributed by atoms with Crippen molar-refractivity contribution < 1.29 is 10.2 Å². The van der Waals surface area contributed by atoms with Crippen LogP contribution in [0.2, 0.25) is 0 Å². The number of hydrogen-bond donors (Lipinski definition) is 4. The molecule has 3 aromatic rings. The number of phenols is 2. The van der Waals surface area contributed by atoms with Gasteiger partial charge in [-0.25, -0.2) is 4.98 Å². The van der Waals surface area contributed by atoms with E-state index in [0.717, 1.165) is 21.1 Å². The molecule has 3 rings (SSSR count). The van der Waals surface area contributed by atoms with Crippen LogP contribution in [-0.4, -0.2) is 20.2 Å². The number of nitrogens with one attached hydrogen (secondary N) is 1. The summed E-state index contributed by atoms with van der Waals surface area (Å²) >= 11 is 3.42. The van der Waals surface area contributed by atoms with Crippen LogP contribution in [0.15, 0.2) is 40.9 Å². The van der Waals surface area contributed by atoms with Gasteiger partial charge in [0.2, 0.25) is 0 Å². The number of aromatic nitrogens is 2. The van der Waals surface area contributed by atoms with E-state index >= 15 is 0 Å². The summed E-state index contributed by atoms with van der Waals surface area (Å²) in [4.78, 5) is 7.68. The fraction of sp³-hybridized carbons (Fsp3) is 0.133. The molecule has 108 valence electrons. The molecule has 1 unspecified atom stereocenters. The molecule has 0 aliphatic carbocycles. The second kappa shape index (κ2) is 5.38. The van der Waals surface area contributed by atoms with Gasteiger partial charge in [-0.1, -0.05) is 22.0 Å². The third kappa shape index (κ3) is 2.86. The van der Waals surface area contributed by atoms with Gasteiger partial charge in [-0.2, -0.15) is 0 Å². The zero-order chi connectivity index (χ0) is 15.0. The highest BCUT2D eigenvalue weighted by Crippen LogP contribution is 2.27. The first kappa shape index (κ1) is 13.9. The fourth-order valence-electron chi connectivity index (χ4n) is 2.22. The smallest absolute Gasteiger partial charge is 0.157 e. The molecule has 5 N–H and O–H groups in total. The van der Waals surface area contributed by atoms with Crippen LogP contribution < -0.4 is 5.73 Å². The molecule has 0 radical (unpaired) electrons. The SMILES string of the molecule is NC(Cc1ccc(O)c(O)c1)c1nc2ccc(Br)cc2[nH]1. The lowest BCUT2D eigenvalue weighted by molar-refractivity contribution is 0.403. The highest BCUT2D eigenvalue weighted by molar-refractivity contribution is 9.10. The van der Waals surface area contributed by atoms with Gasteiger partial charge in [-0.15, -0.1) is 0 Å². The van der Waals surface area contributed by atoms with Crippen molar-refractivity contribution in [1.82, 2.24) is 9.97 Å². The molecule has 0 amide bonds. The van der Waals surface area contributed by atoms with Crippen molar-refractivity contribution in [3.63, 3.8) is 0 Å². The van der Waals surface area contributed by atoms with E-state index in [4.69, 9.17) is 5.73 Å². The number of fused-ring (bicyclic) bond motifs is 1. The summed E-state index contributed by atoms with van der Waals surface area (Å²) in [6.45, 7) is 0. The molecule has 1 heterocycles. The zero-order valence-corrected chi connectivity index (χ0v) is 12.6. The molecule has 5 nitrogen and oxygen atoms in total. The largest absolute Gasteiger partial charge is 0.504 e. The molecule has 2 aromatic carbocycles. The average Bonchev–Trinajstić information content (AvgIpc) is 2.86. The van der Waals surface area contributed by atoms with Crippen LogP contribution in [0.25, 0.3) is 11.0 Å². The van der Waals surface area contributed by atoms with Gasteiger partial charge in [-0.05, 0) is 42.3 Å². The molecule has 0 spiro atoms. The van der Waals surface area contributed by atoms with Gasteiger partial charge >= 0.3 is 0 Å². The Balaban J connectivity index is 1.85. The Bertz CT molecular complexity index is 801. The van der Waals surface area contributed by atoms with Gasteiger partial charge in [0.25, 0.3) is 0 Å². The predicted octanol–water partition coefficient (Wildman–Crippen LogP) is 2.98. The van der Waals surface area contributed by atoms with E-state index in [2.05, 4.69) is 25.9 Å². The Kier molecular flexibility index (Phi) is 3.57. The Morgan fingerprint density at radius 1 is 1.14 bits per heavy atom. The van der Waals surface area contributed by atoms with Gasteiger partial charge in [0.1, 0.15) is 5.82 Å². The molecule has 0 saturated heterocycles. The maximum Gasteiger partial charge on any atom is 0.157 e. The molecule has 21 heavy (non-hydrogen) atoms. The van der Waals surface area contributed by atoms with Crippen molar-refractivity contribution in [3.8, 4) is 11.5 Å². The number of nitrogens with two attached hydrogens (primary N) is 1. The van der Waals surface area contributed by atoms with Crippen LogP contribution in [0.3, 0.4) is 0 Å². The quantitative estimate of drug-likeness (QED) is 0.547. The minimum absolute atomic E-state index is 0.138. The normalized spacial score (nSPS) is 12.7. The second-order valence-electron chi connectivity index (χ2n) is 4.92. The number of rotatable bonds is 3. The summed E-state index contributed by atoms with van der Waals surface area (Å²) in [7, 11) is 0. The lowest BCUT2D eigenvalue weighted by Gasteiger charge is -2.09. The maximum absolute atomic E-state index is 9.51. The number of imidazole rings is 1. The van der Waals surface area contributed by atoms with Crippen molar-refractivity contribution >= 4 is 27.0 Å². The predicted molar refractivity (Wildman–Crippen MR) is 84.2 cm³/mol. The summed E-state index contributed by atoms with van der Waals surface area (Å²) in [5.41, 5.74) is 8.78. The van der Waals surface area contributed by atoms with Crippen LogP contribution in [-0.2, 0) is 6.42 Å². The molecule has 1 aromatic heterocycles. The van der Waals surface area contributed by atoms with Crippen molar-refractivity contribution in [3.05, 3.63) is 52.3 Å². The van der Waals surface area contributed by atoms with Crippen LogP contribution in [0.5, 0.6) is 11.5 Å². The number of benzene rings is 2. The number of aromatic amines is 1. The molecular weight excluding hydrogens is 334 g/mol. The minimum atomic E-state index is -0.319. The van der Waals surface area contributed by atoms with E-state index in [9.17, 15) is 10.2 Å². The zero-order valence-electron chi connectivity index (χ0n) is 11.0. The van der Waals surface area contributed by atoms with Gasteiger partial charge in [0.05, 0.1) is 17.1 Å². The van der Waals surface area contributed by atoms with Crippen LogP contribution in [0.4, 0.5) is 0 Å². The molecular formula is C15H14BrN3O2. The van der Waals surface area contributed by atoms with Crippen LogP contribution in [0, 0.1) is 0 Å². The number of hydrogen-bond acceptors (Lipinski definition) is 4. The third-order valence-electron chi connectivity index (χ3n) is 3.31. The van der Waals surface area contributed by atoms with E-state index in [-0.39, 0.29) is 17.5 Å². The van der Waals surface area contributed by atoms with Gasteiger partial charge in [0.15, 0.2) is 11.5 Å². The highest BCUT2D eigenvalue weighted by atomic mass is 79.9. The Labute approximate surface area is 129 Å². The Morgan fingerprint density at radius 3 is 2.71 bits per heavy atom. The summed E-state index contributed by atoms with van der Waals surface area (Å²) in [6.07, 6.45) is 0.509. The van der Waals surface area contributed by atoms with E-state index < -0.39 is 0 Å². The van der Waals surface area contributed by atoms with Gasteiger partial charge < -0.3 is 20.9 Å². The maximum atomic E-state index is 9.51. The Hall–Kier alpha value is -2.05. The van der Waals surface area contributed by atoms with E-state index in [0.29, 0.717) is 12.2 Å². The minimum Gasteiger partial charge on any atom is -0.504 e. The first-order valence-electron chi connectivity index (χ1n) is 6.44. The lowest BCUT2D eigenvalue weighted by atomic mass is 10.1. The topological polar surface area (TPSA) is 95.2 Å². The molecule has 6 heteroatoms. The van der Waals surface area contributed by atoms with Crippen LogP contribution >= 0.6 is 15.9 Å². The monoisotopic (exact) mass is 347 g/mol. The molecule has 0 bridgehead atoms. The standard InChI is InChI=1S/C15H14BrN3O2/c16-9-2-3-11-12(7-9)19-15(18-11)10(17)5-8-1-4-13(20)14(21)6-8/h1-4,6-7,10,20-21H,5,17H2,(H,18,19). The Morgan fingerprint density at radius 2 is 1.95 bits per heavy atom. The third-order valence-corrected chi connectivity index (χ3v) is 3.80. The van der Waals surface area contributed by atoms with Crippen molar-refractivity contribution in [1.29, 1.82) is 0 Å². The van der Waals surface area contributed by atoms with Crippen LogP contribution in [0.1, 0.15) is 17.4 Å². The second-order valence-corrected chi connectivity index (χ2v) is 5.83. The van der Waals surface area contributed by atoms with E-state index in [1.807, 2.05) is 18.2 Å². The van der Waals surface area contributed by atoms with Gasteiger partial charge in [-0.3, -0.25) is 0 Å². The number of nitrogens with zero attached hydrogens (tertiary/aromatic N) is 1. The first-order valence-corrected chi connectivity index (χ1v) is 7.24. The lowest BCUT2D eigenvalue weighted by Crippen LogP contribution is -2.14. The summed E-state index contributed by atoms with van der Waals surface area (Å²) in [5, 5.41) is 18.8. The van der Waals surface area contributed by atoms with Crippen molar-refractivity contribution in [2.24, 2.45) is 5.73 Å².